The number of β-amino-alcohol motifs (C(OH)–C–C–N with tert-alkyl or cyclic N) is 1. The molecule has 4 heteroatoms. The molecule has 4 nitrogen and oxygen atoms in total. The molecule has 1 heterocycles. The van der Waals surface area contributed by atoms with E-state index in [4.69, 9.17) is 4.74 Å². The fourth-order valence-corrected chi connectivity index (χ4v) is 2.72. The van der Waals surface area contributed by atoms with Crippen LogP contribution in [0.1, 0.15) is 30.9 Å². The van der Waals surface area contributed by atoms with Crippen LogP contribution in [0.2, 0.25) is 0 Å². The number of nitrogens with zero attached hydrogens (tertiary/aromatic N) is 1. The van der Waals surface area contributed by atoms with Gasteiger partial charge in [0.05, 0.1) is 19.3 Å². The molecular formula is C18H30N2O2. The van der Waals surface area contributed by atoms with Crippen LogP contribution in [0.15, 0.2) is 24.3 Å². The number of ether oxygens (including phenoxy) is 1. The molecule has 1 fully saturated rings. The average molecular weight is 306 g/mol. The van der Waals surface area contributed by atoms with Gasteiger partial charge in [-0.2, -0.15) is 0 Å². The van der Waals surface area contributed by atoms with E-state index in [0.717, 1.165) is 45.8 Å². The molecular weight excluding hydrogens is 276 g/mol. The van der Waals surface area contributed by atoms with Crippen molar-refractivity contribution < 1.29 is 9.84 Å². The van der Waals surface area contributed by atoms with Crippen molar-refractivity contribution in [3.05, 3.63) is 35.4 Å². The summed E-state index contributed by atoms with van der Waals surface area (Å²) in [4.78, 5) is 2.26. The fourth-order valence-electron chi connectivity index (χ4n) is 2.72. The van der Waals surface area contributed by atoms with Crippen LogP contribution in [0.4, 0.5) is 0 Å². The number of benzene rings is 1. The first-order valence-corrected chi connectivity index (χ1v) is 8.43. The lowest BCUT2D eigenvalue weighted by atomic mass is 10.0. The van der Waals surface area contributed by atoms with Gasteiger partial charge in [0.2, 0.25) is 0 Å². The van der Waals surface area contributed by atoms with Crippen LogP contribution in [-0.4, -0.2) is 62.0 Å². The summed E-state index contributed by atoms with van der Waals surface area (Å²) in [7, 11) is 0. The molecule has 2 N–H and O–H groups in total. The lowest BCUT2D eigenvalue weighted by Crippen LogP contribution is -2.43. The minimum atomic E-state index is -0.304. The van der Waals surface area contributed by atoms with E-state index in [1.165, 1.54) is 11.1 Å². The van der Waals surface area contributed by atoms with Crippen LogP contribution in [-0.2, 0) is 11.2 Å². The van der Waals surface area contributed by atoms with Crippen molar-refractivity contribution in [2.24, 2.45) is 0 Å². The lowest BCUT2D eigenvalue weighted by molar-refractivity contribution is 0.0150. The topological polar surface area (TPSA) is 44.7 Å². The molecule has 0 radical (unpaired) electrons. The minimum absolute atomic E-state index is 0.304. The Bertz CT molecular complexity index is 414. The molecule has 0 aliphatic carbocycles. The highest BCUT2D eigenvalue weighted by Gasteiger charge is 2.14. The number of rotatable bonds is 8. The summed E-state index contributed by atoms with van der Waals surface area (Å²) in [5.74, 6) is 0.586. The van der Waals surface area contributed by atoms with Gasteiger partial charge in [0.1, 0.15) is 0 Å². The number of hydrogen-bond acceptors (Lipinski definition) is 4. The van der Waals surface area contributed by atoms with Gasteiger partial charge in [-0.05, 0) is 30.0 Å². The van der Waals surface area contributed by atoms with Crippen LogP contribution < -0.4 is 5.32 Å². The molecule has 0 amide bonds. The third kappa shape index (κ3) is 6.05. The summed E-state index contributed by atoms with van der Waals surface area (Å²) in [5.41, 5.74) is 2.73. The van der Waals surface area contributed by atoms with E-state index in [2.05, 4.69) is 48.3 Å². The Labute approximate surface area is 134 Å². The quantitative estimate of drug-likeness (QED) is 0.717. The summed E-state index contributed by atoms with van der Waals surface area (Å²) in [6.07, 6.45) is 0.698. The van der Waals surface area contributed by atoms with Crippen molar-refractivity contribution in [2.45, 2.75) is 32.3 Å². The molecule has 124 valence electrons. The molecule has 0 saturated carbocycles. The zero-order valence-corrected chi connectivity index (χ0v) is 13.9. The summed E-state index contributed by atoms with van der Waals surface area (Å²) < 4.78 is 5.31. The van der Waals surface area contributed by atoms with Crippen molar-refractivity contribution in [1.29, 1.82) is 0 Å². The SMILES string of the molecule is CC(C)c1ccc(CCNC[C@H](O)CN2CCOCC2)cc1. The maximum absolute atomic E-state index is 10.1. The molecule has 0 aromatic heterocycles. The molecule has 0 unspecified atom stereocenters. The zero-order valence-electron chi connectivity index (χ0n) is 13.9. The van der Waals surface area contributed by atoms with Crippen molar-refractivity contribution in [3.63, 3.8) is 0 Å². The molecule has 2 rings (SSSR count). The van der Waals surface area contributed by atoms with Gasteiger partial charge in [0.15, 0.2) is 0 Å². The molecule has 22 heavy (non-hydrogen) atoms. The summed E-state index contributed by atoms with van der Waals surface area (Å²) >= 11 is 0. The second-order valence-corrected chi connectivity index (χ2v) is 6.42. The molecule has 1 aliphatic rings. The van der Waals surface area contributed by atoms with Crippen LogP contribution in [0.25, 0.3) is 0 Å². The van der Waals surface area contributed by atoms with Gasteiger partial charge in [-0.1, -0.05) is 38.1 Å². The molecule has 1 aromatic carbocycles. The first-order valence-electron chi connectivity index (χ1n) is 8.43. The number of hydrogen-bond donors (Lipinski definition) is 2. The monoisotopic (exact) mass is 306 g/mol. The molecule has 0 spiro atoms. The van der Waals surface area contributed by atoms with Crippen molar-refractivity contribution in [3.8, 4) is 0 Å². The van der Waals surface area contributed by atoms with Crippen LogP contribution in [0, 0.1) is 0 Å². The van der Waals surface area contributed by atoms with E-state index in [1.807, 2.05) is 0 Å². The predicted molar refractivity (Wildman–Crippen MR) is 90.4 cm³/mol. The molecule has 1 saturated heterocycles. The third-order valence-electron chi connectivity index (χ3n) is 4.19. The van der Waals surface area contributed by atoms with E-state index in [0.29, 0.717) is 12.5 Å². The normalized spacial score (nSPS) is 17.8. The number of nitrogens with one attached hydrogen (secondary N) is 1. The van der Waals surface area contributed by atoms with E-state index >= 15 is 0 Å². The Morgan fingerprint density at radius 1 is 1.18 bits per heavy atom. The Hall–Kier alpha value is -0.940. The van der Waals surface area contributed by atoms with Crippen LogP contribution >= 0.6 is 0 Å². The minimum Gasteiger partial charge on any atom is -0.390 e. The second kappa shape index (κ2) is 9.26. The zero-order chi connectivity index (χ0) is 15.8. The van der Waals surface area contributed by atoms with Gasteiger partial charge in [0.25, 0.3) is 0 Å². The Kier molecular flexibility index (Phi) is 7.33. The highest BCUT2D eigenvalue weighted by Crippen LogP contribution is 2.14. The van der Waals surface area contributed by atoms with Gasteiger partial charge in [-0.15, -0.1) is 0 Å². The fraction of sp³-hybridized carbons (Fsp3) is 0.667. The summed E-state index contributed by atoms with van der Waals surface area (Å²) in [6, 6.07) is 8.85. The standard InChI is InChI=1S/C18H30N2O2/c1-15(2)17-5-3-16(4-6-17)7-8-19-13-18(21)14-20-9-11-22-12-10-20/h3-6,15,18-19,21H,7-14H2,1-2H3/t18-/m0/s1. The van der Waals surface area contributed by atoms with Gasteiger partial charge in [0, 0.05) is 26.2 Å². The second-order valence-electron chi connectivity index (χ2n) is 6.42. The highest BCUT2D eigenvalue weighted by molar-refractivity contribution is 5.24. The van der Waals surface area contributed by atoms with Crippen LogP contribution in [0.5, 0.6) is 0 Å². The maximum atomic E-state index is 10.1. The largest absolute Gasteiger partial charge is 0.390 e. The van der Waals surface area contributed by atoms with Gasteiger partial charge >= 0.3 is 0 Å². The Morgan fingerprint density at radius 3 is 2.50 bits per heavy atom. The smallest absolute Gasteiger partial charge is 0.0791 e. The molecule has 0 bridgehead atoms. The first kappa shape index (κ1) is 17.4. The van der Waals surface area contributed by atoms with Crippen molar-refractivity contribution >= 4 is 0 Å². The number of aliphatic hydroxyl groups excluding tert-OH is 1. The third-order valence-corrected chi connectivity index (χ3v) is 4.19. The molecule has 1 atom stereocenters. The highest BCUT2D eigenvalue weighted by atomic mass is 16.5. The van der Waals surface area contributed by atoms with Crippen LogP contribution in [0.3, 0.4) is 0 Å². The van der Waals surface area contributed by atoms with Crippen molar-refractivity contribution in [2.75, 3.05) is 45.9 Å². The van der Waals surface area contributed by atoms with Gasteiger partial charge in [-0.3, -0.25) is 4.90 Å². The Morgan fingerprint density at radius 2 is 1.86 bits per heavy atom. The number of morpholine rings is 1. The Balaban J connectivity index is 1.59. The summed E-state index contributed by atoms with van der Waals surface area (Å²) in [6.45, 7) is 10.2. The van der Waals surface area contributed by atoms with Gasteiger partial charge < -0.3 is 15.2 Å². The number of aliphatic hydroxyl groups is 1. The van der Waals surface area contributed by atoms with Crippen molar-refractivity contribution in [1.82, 2.24) is 10.2 Å². The molecule has 1 aliphatic heterocycles. The van der Waals surface area contributed by atoms with E-state index < -0.39 is 0 Å². The molecule has 1 aromatic rings. The van der Waals surface area contributed by atoms with E-state index in [1.54, 1.807) is 0 Å². The van der Waals surface area contributed by atoms with Gasteiger partial charge in [-0.25, -0.2) is 0 Å². The lowest BCUT2D eigenvalue weighted by Gasteiger charge is -2.28. The average Bonchev–Trinajstić information content (AvgIpc) is 2.53. The van der Waals surface area contributed by atoms with E-state index in [-0.39, 0.29) is 6.10 Å². The summed E-state index contributed by atoms with van der Waals surface area (Å²) in [5, 5.41) is 13.4. The predicted octanol–water partition coefficient (Wildman–Crippen LogP) is 1.64. The first-order chi connectivity index (χ1) is 10.6. The van der Waals surface area contributed by atoms with E-state index in [9.17, 15) is 5.11 Å². The maximum Gasteiger partial charge on any atom is 0.0791 e.